The minimum Gasteiger partial charge on any atom is -0.339 e. The van der Waals surface area contributed by atoms with E-state index in [4.69, 9.17) is 0 Å². The molecule has 1 fully saturated rings. The monoisotopic (exact) mass is 233 g/mol. The fourth-order valence-corrected chi connectivity index (χ4v) is 2.14. The number of piperidine rings is 1. The lowest BCUT2D eigenvalue weighted by molar-refractivity contribution is -0.133. The molecule has 4 nitrogen and oxygen atoms in total. The van der Waals surface area contributed by atoms with Gasteiger partial charge in [-0.2, -0.15) is 0 Å². The Morgan fingerprint density at radius 1 is 1.53 bits per heavy atom. The summed E-state index contributed by atoms with van der Waals surface area (Å²) in [5, 5.41) is 3.27. The Kier molecular flexibility index (Phi) is 4.09. The number of pyridine rings is 1. The SMILES string of the molecule is CN(Cc1ccccn1)C(=O)[C@@H]1CCCCN1. The topological polar surface area (TPSA) is 45.2 Å². The lowest BCUT2D eigenvalue weighted by Gasteiger charge is -2.27. The number of likely N-dealkylation sites (N-methyl/N-ethyl adjacent to an activating group) is 1. The molecule has 1 saturated heterocycles. The predicted molar refractivity (Wildman–Crippen MR) is 66.4 cm³/mol. The lowest BCUT2D eigenvalue weighted by Crippen LogP contribution is -2.47. The third kappa shape index (κ3) is 3.27. The molecule has 4 heteroatoms. The van der Waals surface area contributed by atoms with E-state index in [2.05, 4.69) is 10.3 Å². The highest BCUT2D eigenvalue weighted by Crippen LogP contribution is 2.10. The van der Waals surface area contributed by atoms with E-state index in [0.29, 0.717) is 6.54 Å². The Balaban J connectivity index is 1.90. The highest BCUT2D eigenvalue weighted by molar-refractivity contribution is 5.81. The van der Waals surface area contributed by atoms with Crippen LogP contribution in [-0.2, 0) is 11.3 Å². The summed E-state index contributed by atoms with van der Waals surface area (Å²) in [7, 11) is 1.84. The zero-order valence-corrected chi connectivity index (χ0v) is 10.2. The van der Waals surface area contributed by atoms with E-state index in [1.165, 1.54) is 6.42 Å². The van der Waals surface area contributed by atoms with Crippen molar-refractivity contribution in [1.82, 2.24) is 15.2 Å². The van der Waals surface area contributed by atoms with Gasteiger partial charge in [-0.15, -0.1) is 0 Å². The van der Waals surface area contributed by atoms with Crippen LogP contribution in [0.25, 0.3) is 0 Å². The second kappa shape index (κ2) is 5.77. The van der Waals surface area contributed by atoms with Crippen molar-refractivity contribution in [3.8, 4) is 0 Å². The maximum absolute atomic E-state index is 12.1. The number of carbonyl (C=O) groups excluding carboxylic acids is 1. The highest BCUT2D eigenvalue weighted by Gasteiger charge is 2.23. The van der Waals surface area contributed by atoms with Gasteiger partial charge in [-0.25, -0.2) is 0 Å². The first kappa shape index (κ1) is 12.0. The summed E-state index contributed by atoms with van der Waals surface area (Å²) in [5.74, 6) is 0.176. The van der Waals surface area contributed by atoms with Gasteiger partial charge < -0.3 is 10.2 Å². The minimum atomic E-state index is -0.00235. The van der Waals surface area contributed by atoms with E-state index >= 15 is 0 Å². The summed E-state index contributed by atoms with van der Waals surface area (Å²) in [5.41, 5.74) is 0.930. The van der Waals surface area contributed by atoms with E-state index in [0.717, 1.165) is 25.1 Å². The van der Waals surface area contributed by atoms with Crippen LogP contribution in [-0.4, -0.2) is 35.4 Å². The molecule has 1 aromatic heterocycles. The average molecular weight is 233 g/mol. The third-order valence-electron chi connectivity index (χ3n) is 3.11. The lowest BCUT2D eigenvalue weighted by atomic mass is 10.0. The standard InChI is InChI=1S/C13H19N3O/c1-16(10-11-6-2-4-8-14-11)13(17)12-7-3-5-9-15-12/h2,4,6,8,12,15H,3,5,7,9-10H2,1H3/t12-/m0/s1. The molecule has 1 amide bonds. The van der Waals surface area contributed by atoms with Crippen LogP contribution in [0.3, 0.4) is 0 Å². The van der Waals surface area contributed by atoms with Crippen LogP contribution >= 0.6 is 0 Å². The van der Waals surface area contributed by atoms with Gasteiger partial charge in [-0.05, 0) is 31.5 Å². The first-order chi connectivity index (χ1) is 8.27. The van der Waals surface area contributed by atoms with Crippen LogP contribution in [0.15, 0.2) is 24.4 Å². The van der Waals surface area contributed by atoms with Crippen molar-refractivity contribution in [1.29, 1.82) is 0 Å². The van der Waals surface area contributed by atoms with E-state index in [1.807, 2.05) is 25.2 Å². The van der Waals surface area contributed by atoms with Gasteiger partial charge in [0.2, 0.25) is 5.91 Å². The van der Waals surface area contributed by atoms with Crippen molar-refractivity contribution in [2.45, 2.75) is 31.8 Å². The molecule has 1 aliphatic rings. The summed E-state index contributed by atoms with van der Waals surface area (Å²) in [6.45, 7) is 1.53. The Bertz CT molecular complexity index is 360. The Labute approximate surface area is 102 Å². The molecular formula is C13H19N3O. The van der Waals surface area contributed by atoms with E-state index in [1.54, 1.807) is 11.1 Å². The molecule has 1 N–H and O–H groups in total. The van der Waals surface area contributed by atoms with Crippen LogP contribution < -0.4 is 5.32 Å². The average Bonchev–Trinajstić information content (AvgIpc) is 2.40. The van der Waals surface area contributed by atoms with Gasteiger partial charge in [-0.1, -0.05) is 12.5 Å². The number of carbonyl (C=O) groups is 1. The number of nitrogens with one attached hydrogen (secondary N) is 1. The van der Waals surface area contributed by atoms with Crippen molar-refractivity contribution in [3.05, 3.63) is 30.1 Å². The number of hydrogen-bond donors (Lipinski definition) is 1. The molecule has 17 heavy (non-hydrogen) atoms. The Morgan fingerprint density at radius 2 is 2.41 bits per heavy atom. The van der Waals surface area contributed by atoms with Gasteiger partial charge in [-0.3, -0.25) is 9.78 Å². The molecular weight excluding hydrogens is 214 g/mol. The zero-order chi connectivity index (χ0) is 12.1. The quantitative estimate of drug-likeness (QED) is 0.852. The minimum absolute atomic E-state index is 0.00235. The molecule has 0 saturated carbocycles. The van der Waals surface area contributed by atoms with Gasteiger partial charge in [0.25, 0.3) is 0 Å². The molecule has 2 heterocycles. The van der Waals surface area contributed by atoms with Gasteiger partial charge in [0.05, 0.1) is 18.3 Å². The summed E-state index contributed by atoms with van der Waals surface area (Å²) in [4.78, 5) is 18.1. The predicted octanol–water partition coefficient (Wildman–Crippen LogP) is 1.18. The van der Waals surface area contributed by atoms with Crippen molar-refractivity contribution in [2.24, 2.45) is 0 Å². The van der Waals surface area contributed by atoms with Crippen LogP contribution in [0.5, 0.6) is 0 Å². The molecule has 1 atom stereocenters. The molecule has 1 aliphatic heterocycles. The zero-order valence-electron chi connectivity index (χ0n) is 10.2. The summed E-state index contributed by atoms with van der Waals surface area (Å²) in [6.07, 6.45) is 5.02. The maximum Gasteiger partial charge on any atom is 0.239 e. The first-order valence-electron chi connectivity index (χ1n) is 6.15. The number of rotatable bonds is 3. The van der Waals surface area contributed by atoms with Crippen molar-refractivity contribution < 1.29 is 4.79 Å². The molecule has 1 aromatic rings. The Hall–Kier alpha value is -1.42. The Morgan fingerprint density at radius 3 is 3.06 bits per heavy atom. The largest absolute Gasteiger partial charge is 0.339 e. The molecule has 0 radical (unpaired) electrons. The fourth-order valence-electron chi connectivity index (χ4n) is 2.14. The second-order valence-electron chi connectivity index (χ2n) is 4.52. The number of aromatic nitrogens is 1. The first-order valence-corrected chi connectivity index (χ1v) is 6.15. The van der Waals surface area contributed by atoms with E-state index < -0.39 is 0 Å². The van der Waals surface area contributed by atoms with Gasteiger partial charge in [0.1, 0.15) is 0 Å². The van der Waals surface area contributed by atoms with Crippen LogP contribution in [0.1, 0.15) is 25.0 Å². The van der Waals surface area contributed by atoms with Crippen molar-refractivity contribution in [2.75, 3.05) is 13.6 Å². The number of hydrogen-bond acceptors (Lipinski definition) is 3. The molecule has 0 spiro atoms. The molecule has 92 valence electrons. The van der Waals surface area contributed by atoms with Crippen LogP contribution in [0.4, 0.5) is 0 Å². The van der Waals surface area contributed by atoms with Gasteiger partial charge in [0, 0.05) is 13.2 Å². The maximum atomic E-state index is 12.1. The summed E-state index contributed by atoms with van der Waals surface area (Å²) < 4.78 is 0. The highest BCUT2D eigenvalue weighted by atomic mass is 16.2. The summed E-state index contributed by atoms with van der Waals surface area (Å²) >= 11 is 0. The van der Waals surface area contributed by atoms with Crippen molar-refractivity contribution in [3.63, 3.8) is 0 Å². The molecule has 0 bridgehead atoms. The molecule has 0 aromatic carbocycles. The second-order valence-corrected chi connectivity index (χ2v) is 4.52. The third-order valence-corrected chi connectivity index (χ3v) is 3.11. The van der Waals surface area contributed by atoms with Crippen LogP contribution in [0, 0.1) is 0 Å². The molecule has 0 unspecified atom stereocenters. The molecule has 0 aliphatic carbocycles. The normalized spacial score (nSPS) is 19.9. The number of amides is 1. The van der Waals surface area contributed by atoms with Gasteiger partial charge >= 0.3 is 0 Å². The van der Waals surface area contributed by atoms with Gasteiger partial charge in [0.15, 0.2) is 0 Å². The summed E-state index contributed by atoms with van der Waals surface area (Å²) in [6, 6.07) is 5.77. The number of nitrogens with zero attached hydrogens (tertiary/aromatic N) is 2. The van der Waals surface area contributed by atoms with Crippen molar-refractivity contribution >= 4 is 5.91 Å². The smallest absolute Gasteiger partial charge is 0.239 e. The van der Waals surface area contributed by atoms with Crippen LogP contribution in [0.2, 0.25) is 0 Å². The molecule has 2 rings (SSSR count). The van der Waals surface area contributed by atoms with E-state index in [9.17, 15) is 4.79 Å². The van der Waals surface area contributed by atoms with E-state index in [-0.39, 0.29) is 11.9 Å². The fraction of sp³-hybridized carbons (Fsp3) is 0.538.